The van der Waals surface area contributed by atoms with E-state index in [-0.39, 0.29) is 24.8 Å². The van der Waals surface area contributed by atoms with Crippen LogP contribution in [0, 0.1) is 5.92 Å². The predicted octanol–water partition coefficient (Wildman–Crippen LogP) is 0.295. The Morgan fingerprint density at radius 1 is 1.47 bits per heavy atom. The summed E-state index contributed by atoms with van der Waals surface area (Å²) in [5, 5.41) is 8.48. The minimum Gasteiger partial charge on any atom is -0.481 e. The Balaban J connectivity index is 4.09. The normalized spacial score (nSPS) is 12.2. The summed E-state index contributed by atoms with van der Waals surface area (Å²) in [5.41, 5.74) is 5.49. The number of aliphatic carboxylic acids is 1. The molecule has 3 N–H and O–H groups in total. The lowest BCUT2D eigenvalue weighted by atomic mass is 10.0. The minimum atomic E-state index is -0.894. The van der Waals surface area contributed by atoms with Gasteiger partial charge in [0.05, 0.1) is 12.3 Å². The molecule has 1 amide bonds. The van der Waals surface area contributed by atoms with Gasteiger partial charge in [-0.15, -0.1) is 0 Å². The van der Waals surface area contributed by atoms with Crippen molar-refractivity contribution in [1.29, 1.82) is 0 Å². The van der Waals surface area contributed by atoms with Crippen molar-refractivity contribution in [3.8, 4) is 0 Å². The summed E-state index contributed by atoms with van der Waals surface area (Å²) >= 11 is 0. The van der Waals surface area contributed by atoms with Gasteiger partial charge in [0.2, 0.25) is 5.91 Å². The number of carboxylic acids is 1. The van der Waals surface area contributed by atoms with Crippen molar-refractivity contribution < 1.29 is 14.7 Å². The van der Waals surface area contributed by atoms with Crippen LogP contribution in [0.5, 0.6) is 0 Å². The van der Waals surface area contributed by atoms with Crippen molar-refractivity contribution in [2.75, 3.05) is 20.1 Å². The van der Waals surface area contributed by atoms with Crippen LogP contribution >= 0.6 is 0 Å². The quantitative estimate of drug-likeness (QED) is 0.641. The zero-order chi connectivity index (χ0) is 11.8. The van der Waals surface area contributed by atoms with Gasteiger partial charge in [-0.25, -0.2) is 0 Å². The van der Waals surface area contributed by atoms with Gasteiger partial charge in [0.1, 0.15) is 0 Å². The molecule has 88 valence electrons. The third kappa shape index (κ3) is 5.37. The number of amides is 1. The molecule has 0 aromatic rings. The van der Waals surface area contributed by atoms with Crippen molar-refractivity contribution in [3.05, 3.63) is 0 Å². The predicted molar refractivity (Wildman–Crippen MR) is 57.3 cm³/mol. The van der Waals surface area contributed by atoms with Crippen LogP contribution in [0.25, 0.3) is 0 Å². The molecule has 0 heterocycles. The molecule has 0 bridgehead atoms. The molecule has 0 fully saturated rings. The van der Waals surface area contributed by atoms with Crippen molar-refractivity contribution >= 4 is 11.9 Å². The van der Waals surface area contributed by atoms with E-state index in [4.69, 9.17) is 10.8 Å². The summed E-state index contributed by atoms with van der Waals surface area (Å²) in [7, 11) is 1.61. The number of hydrogen-bond acceptors (Lipinski definition) is 3. The van der Waals surface area contributed by atoms with Crippen LogP contribution in [-0.4, -0.2) is 42.0 Å². The van der Waals surface area contributed by atoms with Crippen molar-refractivity contribution in [3.63, 3.8) is 0 Å². The minimum absolute atomic E-state index is 0.0222. The van der Waals surface area contributed by atoms with Crippen molar-refractivity contribution in [2.45, 2.75) is 26.2 Å². The molecule has 0 rings (SSSR count). The van der Waals surface area contributed by atoms with E-state index >= 15 is 0 Å². The molecule has 5 nitrogen and oxygen atoms in total. The first kappa shape index (κ1) is 13.9. The van der Waals surface area contributed by atoms with Crippen LogP contribution in [0.3, 0.4) is 0 Å². The van der Waals surface area contributed by atoms with E-state index in [0.717, 1.165) is 12.8 Å². The topological polar surface area (TPSA) is 83.6 Å². The van der Waals surface area contributed by atoms with Crippen LogP contribution in [0.1, 0.15) is 26.2 Å². The molecule has 0 aliphatic carbocycles. The second-order valence-electron chi connectivity index (χ2n) is 3.62. The highest BCUT2D eigenvalue weighted by molar-refractivity contribution is 5.79. The van der Waals surface area contributed by atoms with E-state index in [2.05, 4.69) is 0 Å². The average Bonchev–Trinajstić information content (AvgIpc) is 2.21. The van der Waals surface area contributed by atoms with E-state index in [1.165, 1.54) is 4.90 Å². The average molecular weight is 216 g/mol. The fourth-order valence-corrected chi connectivity index (χ4v) is 1.38. The SMILES string of the molecule is CCCC(CN)C(=O)N(C)CCC(=O)O. The van der Waals surface area contributed by atoms with Gasteiger partial charge in [0, 0.05) is 20.1 Å². The van der Waals surface area contributed by atoms with Gasteiger partial charge in [-0.3, -0.25) is 9.59 Å². The van der Waals surface area contributed by atoms with Crippen molar-refractivity contribution in [1.82, 2.24) is 4.90 Å². The number of nitrogens with two attached hydrogens (primary N) is 1. The van der Waals surface area contributed by atoms with E-state index in [1.807, 2.05) is 6.92 Å². The molecule has 0 radical (unpaired) electrons. The first-order valence-electron chi connectivity index (χ1n) is 5.19. The zero-order valence-corrected chi connectivity index (χ0v) is 9.40. The summed E-state index contributed by atoms with van der Waals surface area (Å²) in [6, 6.07) is 0. The molecule has 0 aliphatic heterocycles. The van der Waals surface area contributed by atoms with Gasteiger partial charge in [-0.1, -0.05) is 13.3 Å². The lowest BCUT2D eigenvalue weighted by Gasteiger charge is -2.21. The second kappa shape index (κ2) is 7.23. The Bertz CT molecular complexity index is 219. The Morgan fingerprint density at radius 3 is 2.47 bits per heavy atom. The lowest BCUT2D eigenvalue weighted by molar-refractivity contribution is -0.139. The van der Waals surface area contributed by atoms with Crippen LogP contribution in [0.2, 0.25) is 0 Å². The molecule has 5 heteroatoms. The summed E-state index contributed by atoms with van der Waals surface area (Å²) < 4.78 is 0. The Labute approximate surface area is 90.2 Å². The van der Waals surface area contributed by atoms with Gasteiger partial charge in [0.15, 0.2) is 0 Å². The van der Waals surface area contributed by atoms with Gasteiger partial charge < -0.3 is 15.7 Å². The zero-order valence-electron chi connectivity index (χ0n) is 9.40. The summed E-state index contributed by atoms with van der Waals surface area (Å²) in [4.78, 5) is 23.5. The monoisotopic (exact) mass is 216 g/mol. The van der Waals surface area contributed by atoms with Gasteiger partial charge in [-0.05, 0) is 6.42 Å². The molecule has 0 saturated heterocycles. The Kier molecular flexibility index (Phi) is 6.70. The summed E-state index contributed by atoms with van der Waals surface area (Å²) in [6.45, 7) is 2.56. The Hall–Kier alpha value is -1.10. The van der Waals surface area contributed by atoms with E-state index in [9.17, 15) is 9.59 Å². The van der Waals surface area contributed by atoms with Crippen LogP contribution in [-0.2, 0) is 9.59 Å². The summed E-state index contributed by atoms with van der Waals surface area (Å²) in [5.74, 6) is -1.12. The number of rotatable bonds is 7. The molecule has 15 heavy (non-hydrogen) atoms. The maximum absolute atomic E-state index is 11.7. The molecule has 1 atom stereocenters. The highest BCUT2D eigenvalue weighted by Crippen LogP contribution is 2.08. The van der Waals surface area contributed by atoms with Crippen LogP contribution < -0.4 is 5.73 Å². The number of carboxylic acid groups (broad SMARTS) is 1. The standard InChI is InChI=1S/C10H20N2O3/c1-3-4-8(7-11)10(15)12(2)6-5-9(13)14/h8H,3-7,11H2,1-2H3,(H,13,14). The number of carbonyl (C=O) groups excluding carboxylic acids is 1. The molecular weight excluding hydrogens is 196 g/mol. The molecule has 0 aromatic heterocycles. The highest BCUT2D eigenvalue weighted by atomic mass is 16.4. The molecule has 1 unspecified atom stereocenters. The molecule has 0 saturated carbocycles. The van der Waals surface area contributed by atoms with Gasteiger partial charge in [0.25, 0.3) is 0 Å². The second-order valence-corrected chi connectivity index (χ2v) is 3.62. The maximum atomic E-state index is 11.7. The van der Waals surface area contributed by atoms with Crippen LogP contribution in [0.15, 0.2) is 0 Å². The van der Waals surface area contributed by atoms with E-state index < -0.39 is 5.97 Å². The van der Waals surface area contributed by atoms with Crippen LogP contribution in [0.4, 0.5) is 0 Å². The van der Waals surface area contributed by atoms with E-state index in [1.54, 1.807) is 7.05 Å². The smallest absolute Gasteiger partial charge is 0.305 e. The molecule has 0 spiro atoms. The number of hydrogen-bond donors (Lipinski definition) is 2. The molecule has 0 aromatic carbocycles. The lowest BCUT2D eigenvalue weighted by Crippen LogP contribution is -2.37. The third-order valence-corrected chi connectivity index (χ3v) is 2.31. The van der Waals surface area contributed by atoms with Crippen molar-refractivity contribution in [2.24, 2.45) is 11.7 Å². The molecular formula is C10H20N2O3. The van der Waals surface area contributed by atoms with Gasteiger partial charge in [-0.2, -0.15) is 0 Å². The van der Waals surface area contributed by atoms with Gasteiger partial charge >= 0.3 is 5.97 Å². The summed E-state index contributed by atoms with van der Waals surface area (Å²) in [6.07, 6.45) is 1.64. The van der Waals surface area contributed by atoms with E-state index in [0.29, 0.717) is 6.54 Å². The number of carbonyl (C=O) groups is 2. The Morgan fingerprint density at radius 2 is 2.07 bits per heavy atom. The first-order valence-corrected chi connectivity index (χ1v) is 5.19. The fourth-order valence-electron chi connectivity index (χ4n) is 1.38. The number of nitrogens with zero attached hydrogens (tertiary/aromatic N) is 1. The first-order chi connectivity index (χ1) is 7.02. The maximum Gasteiger partial charge on any atom is 0.305 e. The highest BCUT2D eigenvalue weighted by Gasteiger charge is 2.19. The largest absolute Gasteiger partial charge is 0.481 e. The molecule has 0 aliphatic rings. The third-order valence-electron chi connectivity index (χ3n) is 2.31. The fraction of sp³-hybridized carbons (Fsp3) is 0.800.